The van der Waals surface area contributed by atoms with Crippen LogP contribution < -0.4 is 5.32 Å². The van der Waals surface area contributed by atoms with Gasteiger partial charge in [-0.3, -0.25) is 4.68 Å². The third-order valence-electron chi connectivity index (χ3n) is 4.90. The second-order valence-electron chi connectivity index (χ2n) is 6.32. The maximum absolute atomic E-state index is 6.43. The predicted molar refractivity (Wildman–Crippen MR) is 78.6 cm³/mol. The average molecular weight is 282 g/mol. The first-order chi connectivity index (χ1) is 9.12. The first-order valence-corrected chi connectivity index (χ1v) is 7.93. The third-order valence-corrected chi connectivity index (χ3v) is 5.37. The van der Waals surface area contributed by atoms with Gasteiger partial charge in [-0.1, -0.05) is 24.4 Å². The molecule has 0 bridgehead atoms. The van der Waals surface area contributed by atoms with E-state index in [1.807, 2.05) is 11.7 Å². The van der Waals surface area contributed by atoms with Gasteiger partial charge in [0, 0.05) is 18.2 Å². The fourth-order valence-electron chi connectivity index (χ4n) is 3.64. The van der Waals surface area contributed by atoms with Crippen LogP contribution in [0.2, 0.25) is 5.15 Å². The summed E-state index contributed by atoms with van der Waals surface area (Å²) >= 11 is 6.43. The summed E-state index contributed by atoms with van der Waals surface area (Å²) in [6, 6.07) is 0. The molecule has 0 amide bonds. The molecule has 3 nitrogen and oxygen atoms in total. The van der Waals surface area contributed by atoms with Crippen molar-refractivity contribution in [2.45, 2.75) is 57.4 Å². The molecule has 2 fully saturated rings. The maximum Gasteiger partial charge on any atom is 0.130 e. The van der Waals surface area contributed by atoms with Crippen LogP contribution >= 0.6 is 11.6 Å². The van der Waals surface area contributed by atoms with Gasteiger partial charge in [-0.05, 0) is 51.5 Å². The predicted octanol–water partition coefficient (Wildman–Crippen LogP) is 3.24. The third kappa shape index (κ3) is 2.55. The summed E-state index contributed by atoms with van der Waals surface area (Å²) in [4.78, 5) is 0. The Labute approximate surface area is 120 Å². The quantitative estimate of drug-likeness (QED) is 0.922. The van der Waals surface area contributed by atoms with Crippen molar-refractivity contribution in [1.82, 2.24) is 15.1 Å². The van der Waals surface area contributed by atoms with Crippen LogP contribution in [0.4, 0.5) is 0 Å². The molecule has 0 spiro atoms. The van der Waals surface area contributed by atoms with Gasteiger partial charge in [-0.2, -0.15) is 5.10 Å². The van der Waals surface area contributed by atoms with Gasteiger partial charge in [0.2, 0.25) is 0 Å². The van der Waals surface area contributed by atoms with Crippen LogP contribution in [0, 0.1) is 12.8 Å². The molecule has 19 heavy (non-hydrogen) atoms. The van der Waals surface area contributed by atoms with Crippen LogP contribution in [0.25, 0.3) is 0 Å². The molecule has 1 aromatic heterocycles. The summed E-state index contributed by atoms with van der Waals surface area (Å²) in [6.07, 6.45) is 9.13. The minimum Gasteiger partial charge on any atom is -0.311 e. The highest BCUT2D eigenvalue weighted by Gasteiger charge is 2.45. The molecule has 4 heteroatoms. The van der Waals surface area contributed by atoms with E-state index in [4.69, 9.17) is 11.6 Å². The van der Waals surface area contributed by atoms with E-state index in [1.165, 1.54) is 44.1 Å². The molecule has 2 aliphatic rings. The fraction of sp³-hybridized carbons (Fsp3) is 0.800. The summed E-state index contributed by atoms with van der Waals surface area (Å²) in [5.41, 5.74) is 2.64. The molecule has 106 valence electrons. The number of nitrogens with zero attached hydrogens (tertiary/aromatic N) is 2. The molecule has 1 N–H and O–H groups in total. The van der Waals surface area contributed by atoms with E-state index in [0.717, 1.165) is 29.7 Å². The SMILES string of the molecule is Cc1nn(C)c(Cl)c1CC1(C2CC2)CCCCCN1. The molecule has 1 aliphatic carbocycles. The molecular formula is C15H24ClN3. The van der Waals surface area contributed by atoms with Crippen molar-refractivity contribution in [3.05, 3.63) is 16.4 Å². The van der Waals surface area contributed by atoms with Crippen molar-refractivity contribution >= 4 is 11.6 Å². The summed E-state index contributed by atoms with van der Waals surface area (Å²) in [5.74, 6) is 0.848. The Bertz CT molecular complexity index is 454. The summed E-state index contributed by atoms with van der Waals surface area (Å²) in [7, 11) is 1.93. The number of rotatable bonds is 3. The summed E-state index contributed by atoms with van der Waals surface area (Å²) in [6.45, 7) is 3.24. The summed E-state index contributed by atoms with van der Waals surface area (Å²) in [5, 5.41) is 9.16. The van der Waals surface area contributed by atoms with E-state index in [0.29, 0.717) is 0 Å². The molecule has 1 saturated heterocycles. The lowest BCUT2D eigenvalue weighted by Gasteiger charge is -2.34. The fourth-order valence-corrected chi connectivity index (χ4v) is 3.88. The standard InChI is InChI=1S/C15H24ClN3/c1-11-13(14(16)19(2)18-11)10-15(12-6-7-12)8-4-3-5-9-17-15/h12,17H,3-10H2,1-2H3. The van der Waals surface area contributed by atoms with Gasteiger partial charge in [0.05, 0.1) is 5.69 Å². The van der Waals surface area contributed by atoms with Gasteiger partial charge in [-0.15, -0.1) is 0 Å². The molecule has 0 aromatic carbocycles. The highest BCUT2D eigenvalue weighted by molar-refractivity contribution is 6.30. The zero-order valence-electron chi connectivity index (χ0n) is 12.0. The zero-order chi connectivity index (χ0) is 13.5. The Kier molecular flexibility index (Phi) is 3.61. The Balaban J connectivity index is 1.88. The molecule has 1 atom stereocenters. The molecule has 1 aliphatic heterocycles. The van der Waals surface area contributed by atoms with Gasteiger partial charge >= 0.3 is 0 Å². The second-order valence-corrected chi connectivity index (χ2v) is 6.68. The minimum absolute atomic E-state index is 0.286. The zero-order valence-corrected chi connectivity index (χ0v) is 12.8. The number of halogens is 1. The van der Waals surface area contributed by atoms with Crippen molar-refractivity contribution in [2.24, 2.45) is 13.0 Å². The van der Waals surface area contributed by atoms with Crippen LogP contribution in [-0.4, -0.2) is 21.9 Å². The van der Waals surface area contributed by atoms with Crippen LogP contribution in [0.15, 0.2) is 0 Å². The number of nitrogens with one attached hydrogen (secondary N) is 1. The monoisotopic (exact) mass is 281 g/mol. The van der Waals surface area contributed by atoms with Gasteiger partial charge in [0.1, 0.15) is 5.15 Å². The normalized spacial score (nSPS) is 28.4. The van der Waals surface area contributed by atoms with E-state index in [2.05, 4.69) is 17.3 Å². The number of aryl methyl sites for hydroxylation is 2. The molecule has 1 unspecified atom stereocenters. The van der Waals surface area contributed by atoms with E-state index < -0.39 is 0 Å². The molecule has 2 heterocycles. The first kappa shape index (κ1) is 13.4. The van der Waals surface area contributed by atoms with Crippen LogP contribution in [0.1, 0.15) is 49.8 Å². The Morgan fingerprint density at radius 3 is 2.79 bits per heavy atom. The van der Waals surface area contributed by atoms with Crippen LogP contribution in [0.3, 0.4) is 0 Å². The Morgan fingerprint density at radius 1 is 1.37 bits per heavy atom. The smallest absolute Gasteiger partial charge is 0.130 e. The lowest BCUT2D eigenvalue weighted by molar-refractivity contribution is 0.270. The Hall–Kier alpha value is -0.540. The highest BCUT2D eigenvalue weighted by Crippen LogP contribution is 2.46. The first-order valence-electron chi connectivity index (χ1n) is 7.55. The topological polar surface area (TPSA) is 29.9 Å². The number of hydrogen-bond donors (Lipinski definition) is 1. The van der Waals surface area contributed by atoms with Crippen molar-refractivity contribution < 1.29 is 0 Å². The highest BCUT2D eigenvalue weighted by atomic mass is 35.5. The molecule has 0 radical (unpaired) electrons. The molecule has 1 aromatic rings. The van der Waals surface area contributed by atoms with Crippen molar-refractivity contribution in [1.29, 1.82) is 0 Å². The van der Waals surface area contributed by atoms with E-state index in [-0.39, 0.29) is 5.54 Å². The molecular weight excluding hydrogens is 258 g/mol. The van der Waals surface area contributed by atoms with Gasteiger partial charge in [-0.25, -0.2) is 0 Å². The van der Waals surface area contributed by atoms with Crippen molar-refractivity contribution in [2.75, 3.05) is 6.54 Å². The van der Waals surface area contributed by atoms with E-state index in [9.17, 15) is 0 Å². The van der Waals surface area contributed by atoms with Crippen molar-refractivity contribution in [3.63, 3.8) is 0 Å². The summed E-state index contributed by atoms with van der Waals surface area (Å²) < 4.78 is 1.81. The minimum atomic E-state index is 0.286. The van der Waals surface area contributed by atoms with Gasteiger partial charge < -0.3 is 5.32 Å². The number of aromatic nitrogens is 2. The lowest BCUT2D eigenvalue weighted by Crippen LogP contribution is -2.48. The van der Waals surface area contributed by atoms with E-state index in [1.54, 1.807) is 0 Å². The van der Waals surface area contributed by atoms with E-state index >= 15 is 0 Å². The lowest BCUT2D eigenvalue weighted by atomic mass is 9.82. The van der Waals surface area contributed by atoms with Gasteiger partial charge in [0.25, 0.3) is 0 Å². The Morgan fingerprint density at radius 2 is 2.16 bits per heavy atom. The second kappa shape index (κ2) is 5.10. The molecule has 3 rings (SSSR count). The number of hydrogen-bond acceptors (Lipinski definition) is 2. The van der Waals surface area contributed by atoms with Crippen LogP contribution in [0.5, 0.6) is 0 Å². The largest absolute Gasteiger partial charge is 0.311 e. The average Bonchev–Trinajstić information content (AvgIpc) is 3.18. The van der Waals surface area contributed by atoms with Crippen LogP contribution in [-0.2, 0) is 13.5 Å². The molecule has 1 saturated carbocycles. The van der Waals surface area contributed by atoms with Crippen molar-refractivity contribution in [3.8, 4) is 0 Å². The maximum atomic E-state index is 6.43. The van der Waals surface area contributed by atoms with Gasteiger partial charge in [0.15, 0.2) is 0 Å².